The number of hydrogen-bond donors (Lipinski definition) is 2. The first-order chi connectivity index (χ1) is 12.9. The van der Waals surface area contributed by atoms with Gasteiger partial charge in [-0.05, 0) is 18.2 Å². The average Bonchev–Trinajstić information content (AvgIpc) is 2.61. The molecule has 1 heterocycles. The number of amides is 2. The molecule has 2 aromatic rings. The number of primary amides is 1. The number of benzene rings is 1. The number of aromatic nitrogens is 2. The first kappa shape index (κ1) is 21.8. The second-order valence-electron chi connectivity index (χ2n) is 5.68. The number of carbonyl (C=O) groups is 2. The van der Waals surface area contributed by atoms with Crippen molar-refractivity contribution in [3.8, 4) is 0 Å². The minimum atomic E-state index is -4.01. The van der Waals surface area contributed by atoms with Gasteiger partial charge >= 0.3 is 0 Å². The van der Waals surface area contributed by atoms with Crippen LogP contribution in [0.5, 0.6) is 0 Å². The van der Waals surface area contributed by atoms with Crippen molar-refractivity contribution in [1.29, 1.82) is 0 Å². The number of rotatable bonds is 6. The number of hydrogen-bond acceptors (Lipinski definition) is 6. The fraction of sp³-hybridized carbons (Fsp3) is 0.200. The molecule has 0 aliphatic rings. The third-order valence-corrected chi connectivity index (χ3v) is 6.13. The Bertz CT molecular complexity index is 1110. The van der Waals surface area contributed by atoms with E-state index in [-0.39, 0.29) is 26.2 Å². The van der Waals surface area contributed by atoms with Crippen LogP contribution in [0.15, 0.2) is 34.1 Å². The lowest BCUT2D eigenvalue weighted by molar-refractivity contribution is -0.117. The van der Waals surface area contributed by atoms with E-state index in [1.54, 1.807) is 0 Å². The summed E-state index contributed by atoms with van der Waals surface area (Å²) in [6.07, 6.45) is 1.11. The van der Waals surface area contributed by atoms with E-state index >= 15 is 0 Å². The molecule has 0 aliphatic heterocycles. The van der Waals surface area contributed by atoms with Crippen LogP contribution < -0.4 is 16.6 Å². The van der Waals surface area contributed by atoms with E-state index < -0.39 is 33.9 Å². The monoisotopic (exact) mass is 447 g/mol. The summed E-state index contributed by atoms with van der Waals surface area (Å²) in [5.74, 6) is -1.63. The topological polar surface area (TPSA) is 144 Å². The lowest BCUT2D eigenvalue weighted by Gasteiger charge is -2.15. The van der Waals surface area contributed by atoms with E-state index in [1.165, 1.54) is 26.2 Å². The van der Waals surface area contributed by atoms with Crippen LogP contribution in [0.3, 0.4) is 0 Å². The molecule has 0 bridgehead atoms. The summed E-state index contributed by atoms with van der Waals surface area (Å²) < 4.78 is 26.5. The third kappa shape index (κ3) is 4.50. The van der Waals surface area contributed by atoms with Crippen LogP contribution in [0.1, 0.15) is 10.4 Å². The number of anilines is 1. The molecule has 1 aromatic heterocycles. The van der Waals surface area contributed by atoms with Crippen LogP contribution in [-0.4, -0.2) is 48.4 Å². The summed E-state index contributed by atoms with van der Waals surface area (Å²) >= 11 is 11.4. The molecule has 0 radical (unpaired) electrons. The van der Waals surface area contributed by atoms with Crippen LogP contribution in [0.4, 0.5) is 5.69 Å². The number of nitrogens with one attached hydrogen (secondary N) is 1. The lowest BCUT2D eigenvalue weighted by Crippen LogP contribution is -2.30. The first-order valence-corrected chi connectivity index (χ1v) is 9.72. The summed E-state index contributed by atoms with van der Waals surface area (Å²) in [5.41, 5.74) is 4.31. The molecule has 13 heteroatoms. The fourth-order valence-corrected chi connectivity index (χ4v) is 3.49. The van der Waals surface area contributed by atoms with Crippen LogP contribution in [-0.2, 0) is 21.4 Å². The summed E-state index contributed by atoms with van der Waals surface area (Å²) in [7, 11) is -1.43. The maximum absolute atomic E-state index is 12.4. The number of sulfonamides is 1. The van der Waals surface area contributed by atoms with Crippen LogP contribution >= 0.6 is 23.2 Å². The second-order valence-corrected chi connectivity index (χ2v) is 8.59. The highest BCUT2D eigenvalue weighted by Crippen LogP contribution is 2.23. The standard InChI is InChI=1S/C15H15Cl2N5O5S/c1-21(2)28(26,27)11-5-8(3-4-9(11)14(18)24)20-12(23)7-22-15(25)13(17)10(16)6-19-22/h3-6H,7H2,1-2H3,(H2,18,24)(H,20,23). The predicted molar refractivity (Wildman–Crippen MR) is 103 cm³/mol. The number of halogens is 2. The van der Waals surface area contributed by atoms with Crippen molar-refractivity contribution in [2.24, 2.45) is 5.73 Å². The Kier molecular flexibility index (Phi) is 6.44. The summed E-state index contributed by atoms with van der Waals surface area (Å²) in [6.45, 7) is -0.497. The molecule has 3 N–H and O–H groups in total. The Morgan fingerprint density at radius 3 is 2.50 bits per heavy atom. The Labute approximate surface area is 169 Å². The molecule has 0 unspecified atom stereocenters. The molecule has 28 heavy (non-hydrogen) atoms. The Hall–Kier alpha value is -2.47. The van der Waals surface area contributed by atoms with Crippen LogP contribution in [0, 0.1) is 0 Å². The van der Waals surface area contributed by atoms with Gasteiger partial charge in [-0.1, -0.05) is 23.2 Å². The van der Waals surface area contributed by atoms with Crippen molar-refractivity contribution < 1.29 is 18.0 Å². The van der Waals surface area contributed by atoms with Crippen molar-refractivity contribution in [3.05, 3.63) is 50.4 Å². The second kappa shape index (κ2) is 8.27. The van der Waals surface area contributed by atoms with Crippen molar-refractivity contribution in [2.45, 2.75) is 11.4 Å². The Morgan fingerprint density at radius 1 is 1.29 bits per heavy atom. The van der Waals surface area contributed by atoms with Gasteiger partial charge in [0.1, 0.15) is 11.6 Å². The molecule has 0 saturated heterocycles. The molecule has 0 saturated carbocycles. The molecule has 2 rings (SSSR count). The Morgan fingerprint density at radius 2 is 1.93 bits per heavy atom. The number of nitrogens with zero attached hydrogens (tertiary/aromatic N) is 3. The molecule has 0 aliphatic carbocycles. The zero-order valence-corrected chi connectivity index (χ0v) is 17.0. The van der Waals surface area contributed by atoms with Gasteiger partial charge < -0.3 is 11.1 Å². The summed E-state index contributed by atoms with van der Waals surface area (Å²) in [4.78, 5) is 35.3. The zero-order valence-electron chi connectivity index (χ0n) is 14.6. The number of nitrogens with two attached hydrogens (primary N) is 1. The fourth-order valence-electron chi connectivity index (χ4n) is 2.11. The van der Waals surface area contributed by atoms with E-state index in [1.807, 2.05) is 0 Å². The van der Waals surface area contributed by atoms with E-state index in [4.69, 9.17) is 28.9 Å². The van der Waals surface area contributed by atoms with Crippen molar-refractivity contribution in [1.82, 2.24) is 14.1 Å². The van der Waals surface area contributed by atoms with E-state index in [0.717, 1.165) is 21.3 Å². The zero-order chi connectivity index (χ0) is 21.2. The smallest absolute Gasteiger partial charge is 0.287 e. The van der Waals surface area contributed by atoms with Crippen LogP contribution in [0.25, 0.3) is 0 Å². The molecule has 0 fully saturated rings. The van der Waals surface area contributed by atoms with Gasteiger partial charge in [0.05, 0.1) is 21.7 Å². The van der Waals surface area contributed by atoms with Gasteiger partial charge in [-0.15, -0.1) is 0 Å². The van der Waals surface area contributed by atoms with Gasteiger partial charge in [0.2, 0.25) is 21.8 Å². The van der Waals surface area contributed by atoms with Crippen molar-refractivity contribution >= 4 is 50.7 Å². The molecule has 1 aromatic carbocycles. The van der Waals surface area contributed by atoms with Gasteiger partial charge in [0.25, 0.3) is 5.56 Å². The van der Waals surface area contributed by atoms with E-state index in [2.05, 4.69) is 10.4 Å². The third-order valence-electron chi connectivity index (χ3n) is 3.53. The average molecular weight is 448 g/mol. The van der Waals surface area contributed by atoms with Gasteiger partial charge in [0.15, 0.2) is 0 Å². The molecular formula is C15H15Cl2N5O5S. The van der Waals surface area contributed by atoms with E-state index in [0.29, 0.717) is 0 Å². The Balaban J connectivity index is 2.34. The summed E-state index contributed by atoms with van der Waals surface area (Å²) in [6, 6.07) is 3.58. The predicted octanol–water partition coefficient (Wildman–Crippen LogP) is 0.538. The molecule has 150 valence electrons. The highest BCUT2D eigenvalue weighted by atomic mass is 35.5. The molecular weight excluding hydrogens is 433 g/mol. The lowest BCUT2D eigenvalue weighted by atomic mass is 10.2. The normalized spacial score (nSPS) is 11.5. The van der Waals surface area contributed by atoms with E-state index in [9.17, 15) is 22.8 Å². The van der Waals surface area contributed by atoms with Gasteiger partial charge in [-0.2, -0.15) is 5.10 Å². The number of carbonyl (C=O) groups excluding carboxylic acids is 2. The molecule has 10 nitrogen and oxygen atoms in total. The van der Waals surface area contributed by atoms with Gasteiger partial charge in [-0.3, -0.25) is 14.4 Å². The minimum absolute atomic E-state index is 0.0519. The van der Waals surface area contributed by atoms with Gasteiger partial charge in [-0.25, -0.2) is 17.4 Å². The van der Waals surface area contributed by atoms with Crippen molar-refractivity contribution in [2.75, 3.05) is 19.4 Å². The molecule has 0 spiro atoms. The maximum atomic E-state index is 12.4. The highest BCUT2D eigenvalue weighted by molar-refractivity contribution is 7.89. The molecule has 0 atom stereocenters. The largest absolute Gasteiger partial charge is 0.366 e. The quantitative estimate of drug-likeness (QED) is 0.660. The van der Waals surface area contributed by atoms with Crippen molar-refractivity contribution in [3.63, 3.8) is 0 Å². The first-order valence-electron chi connectivity index (χ1n) is 7.52. The van der Waals surface area contributed by atoms with Crippen LogP contribution in [0.2, 0.25) is 10.0 Å². The minimum Gasteiger partial charge on any atom is -0.366 e. The van der Waals surface area contributed by atoms with Gasteiger partial charge in [0, 0.05) is 19.8 Å². The summed E-state index contributed by atoms with van der Waals surface area (Å²) in [5, 5.41) is 5.79. The highest BCUT2D eigenvalue weighted by Gasteiger charge is 2.24. The maximum Gasteiger partial charge on any atom is 0.287 e. The molecule has 2 amide bonds. The SMILES string of the molecule is CN(C)S(=O)(=O)c1cc(NC(=O)Cn2ncc(Cl)c(Cl)c2=O)ccc1C(N)=O.